The van der Waals surface area contributed by atoms with Crippen molar-refractivity contribution < 1.29 is 0 Å². The molecular formula is C10H12BrClN2. The Morgan fingerprint density at radius 3 is 2.93 bits per heavy atom. The van der Waals surface area contributed by atoms with Gasteiger partial charge in [-0.25, -0.2) is 0 Å². The lowest BCUT2D eigenvalue weighted by Crippen LogP contribution is -2.13. The minimum atomic E-state index is -0.0110. The van der Waals surface area contributed by atoms with E-state index in [0.717, 1.165) is 22.5 Å². The van der Waals surface area contributed by atoms with Crippen molar-refractivity contribution in [3.63, 3.8) is 0 Å². The average Bonchev–Trinajstić information content (AvgIpc) is 2.87. The first-order valence-corrected chi connectivity index (χ1v) is 5.90. The van der Waals surface area contributed by atoms with Crippen LogP contribution < -0.4 is 5.73 Å². The van der Waals surface area contributed by atoms with Gasteiger partial charge in [0.15, 0.2) is 0 Å². The third-order valence-electron chi connectivity index (χ3n) is 2.47. The number of rotatable bonds is 3. The van der Waals surface area contributed by atoms with Gasteiger partial charge in [0.1, 0.15) is 0 Å². The summed E-state index contributed by atoms with van der Waals surface area (Å²) in [5.74, 6) is 0.798. The molecule has 2 nitrogen and oxygen atoms in total. The van der Waals surface area contributed by atoms with Gasteiger partial charge in [-0.05, 0) is 34.3 Å². The summed E-state index contributed by atoms with van der Waals surface area (Å²) in [6, 6.07) is 1.83. The standard InChI is InChI=1S/C10H12BrClN2/c11-7-4-8(12)10(14-5-7)9(13)3-6-1-2-6/h4-6,9H,1-3,13H2/t9-/m0/s1. The molecule has 0 spiro atoms. The van der Waals surface area contributed by atoms with Crippen LogP contribution in [0.2, 0.25) is 5.02 Å². The number of halogens is 2. The van der Waals surface area contributed by atoms with Crippen LogP contribution in [0.25, 0.3) is 0 Å². The van der Waals surface area contributed by atoms with Gasteiger partial charge < -0.3 is 5.73 Å². The number of pyridine rings is 1. The summed E-state index contributed by atoms with van der Waals surface area (Å²) in [6.07, 6.45) is 5.37. The highest BCUT2D eigenvalue weighted by Gasteiger charge is 2.25. The molecule has 0 unspecified atom stereocenters. The molecule has 1 aromatic rings. The van der Waals surface area contributed by atoms with Gasteiger partial charge in [-0.1, -0.05) is 24.4 Å². The summed E-state index contributed by atoms with van der Waals surface area (Å²) >= 11 is 9.38. The predicted octanol–water partition coefficient (Wildman–Crippen LogP) is 3.30. The summed E-state index contributed by atoms with van der Waals surface area (Å²) in [5, 5.41) is 0.660. The quantitative estimate of drug-likeness (QED) is 0.919. The zero-order chi connectivity index (χ0) is 10.1. The van der Waals surface area contributed by atoms with E-state index in [-0.39, 0.29) is 6.04 Å². The Balaban J connectivity index is 2.13. The average molecular weight is 276 g/mol. The van der Waals surface area contributed by atoms with Crippen molar-refractivity contribution in [1.82, 2.24) is 4.98 Å². The van der Waals surface area contributed by atoms with Gasteiger partial charge in [-0.2, -0.15) is 0 Å². The third-order valence-corrected chi connectivity index (χ3v) is 3.21. The molecule has 1 heterocycles. The summed E-state index contributed by atoms with van der Waals surface area (Å²) in [5.41, 5.74) is 6.85. The molecule has 1 atom stereocenters. The van der Waals surface area contributed by atoms with Crippen molar-refractivity contribution in [2.75, 3.05) is 0 Å². The molecule has 0 radical (unpaired) electrons. The maximum atomic E-state index is 6.06. The van der Waals surface area contributed by atoms with E-state index in [2.05, 4.69) is 20.9 Å². The van der Waals surface area contributed by atoms with Gasteiger partial charge in [0, 0.05) is 16.7 Å². The number of hydrogen-bond acceptors (Lipinski definition) is 2. The van der Waals surface area contributed by atoms with Crippen LogP contribution in [-0.2, 0) is 0 Å². The van der Waals surface area contributed by atoms with Crippen LogP contribution in [0.3, 0.4) is 0 Å². The monoisotopic (exact) mass is 274 g/mol. The molecule has 4 heteroatoms. The summed E-state index contributed by atoms with van der Waals surface area (Å²) < 4.78 is 0.893. The Bertz CT molecular complexity index is 339. The molecule has 0 amide bonds. The lowest BCUT2D eigenvalue weighted by atomic mass is 10.1. The van der Waals surface area contributed by atoms with Crippen molar-refractivity contribution in [2.24, 2.45) is 11.7 Å². The molecule has 0 aromatic carbocycles. The smallest absolute Gasteiger partial charge is 0.0757 e. The minimum Gasteiger partial charge on any atom is -0.323 e. The molecule has 0 bridgehead atoms. The fraction of sp³-hybridized carbons (Fsp3) is 0.500. The zero-order valence-corrected chi connectivity index (χ0v) is 10.1. The van der Waals surface area contributed by atoms with E-state index in [1.807, 2.05) is 6.07 Å². The molecule has 1 aromatic heterocycles. The van der Waals surface area contributed by atoms with Gasteiger partial charge in [0.2, 0.25) is 0 Å². The van der Waals surface area contributed by atoms with Gasteiger partial charge in [0.25, 0.3) is 0 Å². The van der Waals surface area contributed by atoms with Crippen molar-refractivity contribution in [1.29, 1.82) is 0 Å². The first-order chi connectivity index (χ1) is 6.66. The number of aromatic nitrogens is 1. The fourth-order valence-corrected chi connectivity index (χ4v) is 2.29. The molecule has 76 valence electrons. The topological polar surface area (TPSA) is 38.9 Å². The molecular weight excluding hydrogens is 263 g/mol. The second-order valence-electron chi connectivity index (χ2n) is 3.81. The Morgan fingerprint density at radius 2 is 2.36 bits per heavy atom. The Kier molecular flexibility index (Phi) is 3.10. The van der Waals surface area contributed by atoms with Crippen LogP contribution in [0.15, 0.2) is 16.7 Å². The molecule has 2 N–H and O–H groups in total. The van der Waals surface area contributed by atoms with E-state index in [1.54, 1.807) is 6.20 Å². The van der Waals surface area contributed by atoms with Crippen molar-refractivity contribution in [3.05, 3.63) is 27.5 Å². The van der Waals surface area contributed by atoms with Gasteiger partial charge in [0.05, 0.1) is 10.7 Å². The van der Waals surface area contributed by atoms with Crippen LogP contribution >= 0.6 is 27.5 Å². The minimum absolute atomic E-state index is 0.0110. The molecule has 1 aliphatic rings. The lowest BCUT2D eigenvalue weighted by Gasteiger charge is -2.11. The molecule has 1 aliphatic carbocycles. The second kappa shape index (κ2) is 4.17. The number of nitrogens with zero attached hydrogens (tertiary/aromatic N) is 1. The second-order valence-corrected chi connectivity index (χ2v) is 5.13. The van der Waals surface area contributed by atoms with E-state index in [4.69, 9.17) is 17.3 Å². The zero-order valence-electron chi connectivity index (χ0n) is 7.71. The summed E-state index contributed by atoms with van der Waals surface area (Å²) in [4.78, 5) is 4.25. The lowest BCUT2D eigenvalue weighted by molar-refractivity contribution is 0.583. The maximum absolute atomic E-state index is 6.06. The van der Waals surface area contributed by atoms with E-state index in [0.29, 0.717) is 5.02 Å². The SMILES string of the molecule is N[C@@H](CC1CC1)c1ncc(Br)cc1Cl. The van der Waals surface area contributed by atoms with E-state index in [9.17, 15) is 0 Å². The van der Waals surface area contributed by atoms with Crippen LogP contribution in [0.1, 0.15) is 31.0 Å². The maximum Gasteiger partial charge on any atom is 0.0757 e. The van der Waals surface area contributed by atoms with E-state index >= 15 is 0 Å². The van der Waals surface area contributed by atoms with E-state index < -0.39 is 0 Å². The highest BCUT2D eigenvalue weighted by molar-refractivity contribution is 9.10. The molecule has 1 saturated carbocycles. The Morgan fingerprint density at radius 1 is 1.64 bits per heavy atom. The van der Waals surface area contributed by atoms with Crippen LogP contribution in [0.5, 0.6) is 0 Å². The predicted molar refractivity (Wildman–Crippen MR) is 61.2 cm³/mol. The molecule has 0 saturated heterocycles. The van der Waals surface area contributed by atoms with Crippen LogP contribution in [0, 0.1) is 5.92 Å². The van der Waals surface area contributed by atoms with Gasteiger partial charge >= 0.3 is 0 Å². The van der Waals surface area contributed by atoms with Crippen molar-refractivity contribution >= 4 is 27.5 Å². The molecule has 2 rings (SSSR count). The number of hydrogen-bond donors (Lipinski definition) is 1. The first kappa shape index (κ1) is 10.4. The summed E-state index contributed by atoms with van der Waals surface area (Å²) in [7, 11) is 0. The highest BCUT2D eigenvalue weighted by Crippen LogP contribution is 2.37. The highest BCUT2D eigenvalue weighted by atomic mass is 79.9. The Hall–Kier alpha value is -0.120. The van der Waals surface area contributed by atoms with Crippen LogP contribution in [0.4, 0.5) is 0 Å². The van der Waals surface area contributed by atoms with Gasteiger partial charge in [-0.15, -0.1) is 0 Å². The summed E-state index contributed by atoms with van der Waals surface area (Å²) in [6.45, 7) is 0. The molecule has 14 heavy (non-hydrogen) atoms. The van der Waals surface area contributed by atoms with E-state index in [1.165, 1.54) is 12.8 Å². The first-order valence-electron chi connectivity index (χ1n) is 4.73. The largest absolute Gasteiger partial charge is 0.323 e. The third kappa shape index (κ3) is 2.47. The van der Waals surface area contributed by atoms with Crippen molar-refractivity contribution in [2.45, 2.75) is 25.3 Å². The molecule has 0 aliphatic heterocycles. The molecule has 1 fully saturated rings. The Labute approximate surface area is 97.0 Å². The van der Waals surface area contributed by atoms with Gasteiger partial charge in [-0.3, -0.25) is 4.98 Å². The normalized spacial score (nSPS) is 18.2. The number of nitrogens with two attached hydrogens (primary N) is 1. The fourth-order valence-electron chi connectivity index (χ4n) is 1.52. The van der Waals surface area contributed by atoms with Crippen LogP contribution in [-0.4, -0.2) is 4.98 Å². The van der Waals surface area contributed by atoms with Crippen molar-refractivity contribution in [3.8, 4) is 0 Å².